The molecule has 0 saturated heterocycles. The number of para-hydroxylation sites is 2. The fourth-order valence-electron chi connectivity index (χ4n) is 11.3. The van der Waals surface area contributed by atoms with Crippen molar-refractivity contribution in [2.24, 2.45) is 0 Å². The minimum Gasteiger partial charge on any atom is -0.308 e. The van der Waals surface area contributed by atoms with Crippen LogP contribution in [-0.2, 0) is 0 Å². The average molecular weight is 900 g/mol. The number of hydrogen-bond acceptors (Lipinski definition) is 3. The van der Waals surface area contributed by atoms with E-state index in [-0.39, 0.29) is 0 Å². The average Bonchev–Trinajstić information content (AvgIpc) is 3.88. The van der Waals surface area contributed by atoms with Crippen molar-refractivity contribution in [1.29, 1.82) is 5.26 Å². The fourth-order valence-corrected chi connectivity index (χ4v) is 11.3. The summed E-state index contributed by atoms with van der Waals surface area (Å²) in [6.07, 6.45) is 0. The van der Waals surface area contributed by atoms with E-state index in [1.165, 1.54) is 55.6 Å². The van der Waals surface area contributed by atoms with Gasteiger partial charge in [-0.1, -0.05) is 145 Å². The fraction of sp³-hybridized carbons (Fsp3) is 0.0923. The molecule has 0 radical (unpaired) electrons. The summed E-state index contributed by atoms with van der Waals surface area (Å²) in [5.74, 6) is 0.564. The lowest BCUT2D eigenvalue weighted by Crippen LogP contribution is -2.06. The standard InChI is InChI=1S/C65H49N5/c1-39-29-41(3)63(42(4)30-39)47-25-27-59-52(33-47)50-21-13-15-23-57(50)69(59)61-35-49(65-67-55(45-17-9-7-10-18-45)37-56(68-65)46-19-11-8-12-20-46)36-62(54(61)38-66)70-58-24-16-14-22-51(58)53-34-48(26-28-60(53)70)64-43(5)31-40(2)32-44(64)6/h7-37H,1-6H3. The summed E-state index contributed by atoms with van der Waals surface area (Å²) in [5, 5.41) is 16.2. The number of nitrogens with zero attached hydrogens (tertiary/aromatic N) is 5. The number of rotatable bonds is 7. The first-order valence-electron chi connectivity index (χ1n) is 24.0. The van der Waals surface area contributed by atoms with E-state index in [0.717, 1.165) is 83.1 Å². The molecule has 12 rings (SSSR count). The van der Waals surface area contributed by atoms with Gasteiger partial charge in [-0.05, 0) is 141 Å². The number of nitriles is 1. The van der Waals surface area contributed by atoms with E-state index < -0.39 is 0 Å². The number of aryl methyl sites for hydroxylation is 6. The second-order valence-electron chi connectivity index (χ2n) is 18.9. The van der Waals surface area contributed by atoms with Crippen LogP contribution >= 0.6 is 0 Å². The maximum absolute atomic E-state index is 11.8. The van der Waals surface area contributed by atoms with Gasteiger partial charge in [-0.3, -0.25) is 0 Å². The lowest BCUT2D eigenvalue weighted by atomic mass is 9.93. The van der Waals surface area contributed by atoms with Gasteiger partial charge < -0.3 is 9.13 Å². The number of hydrogen-bond donors (Lipinski definition) is 0. The minimum atomic E-state index is 0.542. The maximum Gasteiger partial charge on any atom is 0.160 e. The molecule has 12 aromatic rings. The molecule has 0 aliphatic carbocycles. The quantitative estimate of drug-likeness (QED) is 0.160. The van der Waals surface area contributed by atoms with Crippen molar-refractivity contribution in [3.8, 4) is 73.6 Å². The van der Waals surface area contributed by atoms with Crippen molar-refractivity contribution >= 4 is 43.6 Å². The molecule has 3 heterocycles. The van der Waals surface area contributed by atoms with Crippen LogP contribution in [0, 0.1) is 52.9 Å². The molecule has 0 atom stereocenters. The van der Waals surface area contributed by atoms with Crippen molar-refractivity contribution < 1.29 is 0 Å². The second kappa shape index (κ2) is 16.7. The molecule has 0 bridgehead atoms. The van der Waals surface area contributed by atoms with Gasteiger partial charge in [0, 0.05) is 38.2 Å². The van der Waals surface area contributed by atoms with Crippen molar-refractivity contribution in [1.82, 2.24) is 19.1 Å². The Balaban J connectivity index is 1.19. The van der Waals surface area contributed by atoms with Gasteiger partial charge in [-0.25, -0.2) is 9.97 Å². The van der Waals surface area contributed by atoms with E-state index >= 15 is 0 Å². The predicted octanol–water partition coefficient (Wildman–Crippen LogP) is 16.7. The molecule has 9 aromatic carbocycles. The highest BCUT2D eigenvalue weighted by atomic mass is 15.0. The molecule has 334 valence electrons. The third kappa shape index (κ3) is 6.99. The largest absolute Gasteiger partial charge is 0.308 e. The molecule has 0 N–H and O–H groups in total. The summed E-state index contributed by atoms with van der Waals surface area (Å²) in [7, 11) is 0. The van der Waals surface area contributed by atoms with Crippen LogP contribution in [0.2, 0.25) is 0 Å². The van der Waals surface area contributed by atoms with Crippen LogP contribution in [-0.4, -0.2) is 19.1 Å². The Hall–Kier alpha value is -8.85. The first-order chi connectivity index (χ1) is 34.1. The molecule has 5 heteroatoms. The Morgan fingerprint density at radius 1 is 0.357 bits per heavy atom. The van der Waals surface area contributed by atoms with Gasteiger partial charge in [0.1, 0.15) is 11.6 Å². The molecule has 0 fully saturated rings. The highest BCUT2D eigenvalue weighted by molar-refractivity contribution is 6.12. The number of aromatic nitrogens is 4. The molecular weight excluding hydrogens is 851 g/mol. The van der Waals surface area contributed by atoms with Gasteiger partial charge in [0.25, 0.3) is 0 Å². The van der Waals surface area contributed by atoms with Crippen LogP contribution in [0.5, 0.6) is 0 Å². The topological polar surface area (TPSA) is 59.4 Å². The lowest BCUT2D eigenvalue weighted by molar-refractivity contribution is 1.11. The normalized spacial score (nSPS) is 11.6. The van der Waals surface area contributed by atoms with E-state index in [0.29, 0.717) is 11.4 Å². The minimum absolute atomic E-state index is 0.542. The van der Waals surface area contributed by atoms with Crippen LogP contribution in [0.3, 0.4) is 0 Å². The van der Waals surface area contributed by atoms with E-state index in [4.69, 9.17) is 9.97 Å². The Morgan fingerprint density at radius 3 is 1.16 bits per heavy atom. The molecule has 0 amide bonds. The summed E-state index contributed by atoms with van der Waals surface area (Å²) in [4.78, 5) is 10.7. The molecule has 0 unspecified atom stereocenters. The van der Waals surface area contributed by atoms with Crippen LogP contribution in [0.15, 0.2) is 188 Å². The van der Waals surface area contributed by atoms with Crippen LogP contribution < -0.4 is 0 Å². The Morgan fingerprint density at radius 2 is 0.743 bits per heavy atom. The van der Waals surface area contributed by atoms with Crippen molar-refractivity contribution in [3.63, 3.8) is 0 Å². The maximum atomic E-state index is 11.8. The lowest BCUT2D eigenvalue weighted by Gasteiger charge is -2.19. The molecule has 5 nitrogen and oxygen atoms in total. The Kier molecular flexibility index (Phi) is 10.2. The third-order valence-electron chi connectivity index (χ3n) is 14.1. The van der Waals surface area contributed by atoms with Gasteiger partial charge in [-0.15, -0.1) is 0 Å². The van der Waals surface area contributed by atoms with Gasteiger partial charge in [0.15, 0.2) is 5.82 Å². The smallest absolute Gasteiger partial charge is 0.160 e. The summed E-state index contributed by atoms with van der Waals surface area (Å²) in [5.41, 5.74) is 22.8. The van der Waals surface area contributed by atoms with Crippen molar-refractivity contribution in [2.75, 3.05) is 0 Å². The molecule has 0 saturated carbocycles. The van der Waals surface area contributed by atoms with Crippen LogP contribution in [0.1, 0.15) is 38.9 Å². The summed E-state index contributed by atoms with van der Waals surface area (Å²) < 4.78 is 4.56. The van der Waals surface area contributed by atoms with Gasteiger partial charge in [-0.2, -0.15) is 5.26 Å². The van der Waals surface area contributed by atoms with Crippen molar-refractivity contribution in [3.05, 3.63) is 227 Å². The first kappa shape index (κ1) is 42.5. The number of benzene rings is 9. The van der Waals surface area contributed by atoms with Crippen LogP contribution in [0.25, 0.3) is 111 Å². The molecule has 0 aliphatic heterocycles. The van der Waals surface area contributed by atoms with Crippen molar-refractivity contribution in [2.45, 2.75) is 41.5 Å². The number of fused-ring (bicyclic) bond motifs is 6. The van der Waals surface area contributed by atoms with Gasteiger partial charge in [0.05, 0.1) is 44.8 Å². The first-order valence-corrected chi connectivity index (χ1v) is 24.0. The molecular formula is C65H49N5. The SMILES string of the molecule is Cc1cc(C)c(-c2ccc3c(c2)c2ccccc2n3-c2cc(-c3nc(-c4ccccc4)cc(-c4ccccc4)n3)cc(-n3c4ccccc4c4cc(-c5c(C)cc(C)cc5C)ccc43)c2C#N)c(C)c1. The molecule has 70 heavy (non-hydrogen) atoms. The summed E-state index contributed by atoms with van der Waals surface area (Å²) >= 11 is 0. The van der Waals surface area contributed by atoms with Gasteiger partial charge >= 0.3 is 0 Å². The van der Waals surface area contributed by atoms with E-state index in [2.05, 4.69) is 208 Å². The zero-order chi connectivity index (χ0) is 47.8. The highest BCUT2D eigenvalue weighted by Gasteiger charge is 2.25. The van der Waals surface area contributed by atoms with E-state index in [9.17, 15) is 5.26 Å². The predicted molar refractivity (Wildman–Crippen MR) is 291 cm³/mol. The van der Waals surface area contributed by atoms with Crippen LogP contribution in [0.4, 0.5) is 0 Å². The Bertz CT molecular complexity index is 3830. The van der Waals surface area contributed by atoms with E-state index in [1.807, 2.05) is 36.4 Å². The second-order valence-corrected chi connectivity index (χ2v) is 18.9. The Labute approximate surface area is 408 Å². The summed E-state index contributed by atoms with van der Waals surface area (Å²) in [6.45, 7) is 13.1. The molecule has 3 aromatic heterocycles. The van der Waals surface area contributed by atoms with Gasteiger partial charge in [0.2, 0.25) is 0 Å². The monoisotopic (exact) mass is 899 g/mol. The highest BCUT2D eigenvalue weighted by Crippen LogP contribution is 2.43. The third-order valence-corrected chi connectivity index (χ3v) is 14.1. The molecule has 0 spiro atoms. The molecule has 0 aliphatic rings. The zero-order valence-corrected chi connectivity index (χ0v) is 40.1. The summed E-state index contributed by atoms with van der Waals surface area (Å²) in [6, 6.07) is 69.5. The van der Waals surface area contributed by atoms with E-state index in [1.54, 1.807) is 0 Å². The zero-order valence-electron chi connectivity index (χ0n) is 40.1.